The number of rotatable bonds is 5. The largest absolute Gasteiger partial charge is 0.349 e. The van der Waals surface area contributed by atoms with Crippen LogP contribution >= 0.6 is 11.6 Å². The zero-order valence-electron chi connectivity index (χ0n) is 16.4. The maximum atomic E-state index is 12.6. The van der Waals surface area contributed by atoms with Gasteiger partial charge in [0.05, 0.1) is 17.5 Å². The molecule has 1 fully saturated rings. The highest BCUT2D eigenvalue weighted by Gasteiger charge is 2.20. The van der Waals surface area contributed by atoms with Crippen LogP contribution in [0, 0.1) is 0 Å². The number of hydrazone groups is 1. The summed E-state index contributed by atoms with van der Waals surface area (Å²) in [4.78, 5) is 36.9. The Morgan fingerprint density at radius 1 is 0.933 bits per heavy atom. The van der Waals surface area contributed by atoms with Crippen LogP contribution in [0.25, 0.3) is 0 Å². The van der Waals surface area contributed by atoms with E-state index in [9.17, 15) is 14.4 Å². The van der Waals surface area contributed by atoms with Gasteiger partial charge < -0.3 is 10.6 Å². The Hall–Kier alpha value is -3.19. The third-order valence-corrected chi connectivity index (χ3v) is 5.07. The fourth-order valence-corrected chi connectivity index (χ4v) is 3.37. The van der Waals surface area contributed by atoms with Gasteiger partial charge in [0.1, 0.15) is 0 Å². The Balaban J connectivity index is 1.58. The summed E-state index contributed by atoms with van der Waals surface area (Å²) in [5, 5.41) is 9.84. The molecule has 8 heteroatoms. The second-order valence-electron chi connectivity index (χ2n) is 7.06. The third-order valence-electron chi connectivity index (χ3n) is 4.82. The first-order chi connectivity index (χ1) is 14.5. The number of benzene rings is 2. The van der Waals surface area contributed by atoms with Gasteiger partial charge in [-0.1, -0.05) is 55.1 Å². The van der Waals surface area contributed by atoms with E-state index in [1.54, 1.807) is 48.5 Å². The molecule has 3 rings (SSSR count). The summed E-state index contributed by atoms with van der Waals surface area (Å²) >= 11 is 5.81. The molecule has 1 saturated carbocycles. The average molecular weight is 427 g/mol. The van der Waals surface area contributed by atoms with Gasteiger partial charge in [-0.15, -0.1) is 0 Å². The van der Waals surface area contributed by atoms with Gasteiger partial charge in [0.15, 0.2) is 0 Å². The van der Waals surface area contributed by atoms with Crippen molar-refractivity contribution in [1.29, 1.82) is 0 Å². The van der Waals surface area contributed by atoms with E-state index in [4.69, 9.17) is 11.6 Å². The summed E-state index contributed by atoms with van der Waals surface area (Å²) in [7, 11) is 0. The van der Waals surface area contributed by atoms with Gasteiger partial charge in [0, 0.05) is 11.1 Å². The molecule has 0 heterocycles. The molecular formula is C22H23ClN4O3. The van der Waals surface area contributed by atoms with Gasteiger partial charge in [0.2, 0.25) is 0 Å². The van der Waals surface area contributed by atoms with Gasteiger partial charge in [0.25, 0.3) is 5.91 Å². The van der Waals surface area contributed by atoms with Crippen LogP contribution in [0.2, 0.25) is 5.02 Å². The smallest absolute Gasteiger partial charge is 0.329 e. The number of anilines is 1. The second kappa shape index (κ2) is 10.5. The Kier molecular flexibility index (Phi) is 7.57. The fourth-order valence-electron chi connectivity index (χ4n) is 3.24. The summed E-state index contributed by atoms with van der Waals surface area (Å²) in [5.41, 5.74) is 3.46. The predicted octanol–water partition coefficient (Wildman–Crippen LogP) is 3.49. The lowest BCUT2D eigenvalue weighted by Crippen LogP contribution is -2.37. The number of hydrogen-bond donors (Lipinski definition) is 3. The molecule has 0 aromatic heterocycles. The van der Waals surface area contributed by atoms with Crippen LogP contribution in [0.1, 0.15) is 48.0 Å². The monoisotopic (exact) mass is 426 g/mol. The maximum Gasteiger partial charge on any atom is 0.329 e. The van der Waals surface area contributed by atoms with E-state index < -0.39 is 11.8 Å². The zero-order chi connectivity index (χ0) is 21.3. The highest BCUT2D eigenvalue weighted by Crippen LogP contribution is 2.20. The molecule has 2 aromatic rings. The third kappa shape index (κ3) is 6.15. The first-order valence-electron chi connectivity index (χ1n) is 9.83. The number of para-hydroxylation sites is 1. The molecule has 0 radical (unpaired) electrons. The topological polar surface area (TPSA) is 99.7 Å². The normalized spacial score (nSPS) is 14.3. The lowest BCUT2D eigenvalue weighted by atomic mass is 9.95. The van der Waals surface area contributed by atoms with Crippen LogP contribution in [0.5, 0.6) is 0 Å². The minimum atomic E-state index is -0.942. The van der Waals surface area contributed by atoms with Crippen molar-refractivity contribution in [2.45, 2.75) is 38.1 Å². The van der Waals surface area contributed by atoms with E-state index in [0.717, 1.165) is 25.7 Å². The van der Waals surface area contributed by atoms with Gasteiger partial charge in [-0.25, -0.2) is 5.43 Å². The molecule has 0 spiro atoms. The van der Waals surface area contributed by atoms with Crippen LogP contribution in [0.15, 0.2) is 53.6 Å². The Bertz CT molecular complexity index is 938. The maximum absolute atomic E-state index is 12.6. The molecule has 0 saturated heterocycles. The Labute approximate surface area is 179 Å². The number of nitrogens with zero attached hydrogens (tertiary/aromatic N) is 1. The molecule has 0 bridgehead atoms. The Morgan fingerprint density at radius 3 is 2.37 bits per heavy atom. The minimum absolute atomic E-state index is 0.139. The number of nitrogens with one attached hydrogen (secondary N) is 3. The number of halogens is 1. The van der Waals surface area contributed by atoms with E-state index in [2.05, 4.69) is 21.2 Å². The molecule has 0 aliphatic heterocycles. The first kappa shape index (κ1) is 21.5. The summed E-state index contributed by atoms with van der Waals surface area (Å²) in [5.74, 6) is -2.12. The fraction of sp³-hybridized carbons (Fsp3) is 0.273. The Morgan fingerprint density at radius 2 is 1.63 bits per heavy atom. The van der Waals surface area contributed by atoms with Crippen molar-refractivity contribution in [3.63, 3.8) is 0 Å². The SMILES string of the molecule is O=C(NN=Cc1ccc(Cl)cc1)C(=O)Nc1ccccc1C(=O)NC1CCCCC1. The van der Waals surface area contributed by atoms with E-state index in [1.807, 2.05) is 0 Å². The molecule has 1 aliphatic rings. The van der Waals surface area contributed by atoms with Crippen molar-refractivity contribution in [2.24, 2.45) is 5.10 Å². The molecule has 2 aromatic carbocycles. The second-order valence-corrected chi connectivity index (χ2v) is 7.50. The molecule has 156 valence electrons. The van der Waals surface area contributed by atoms with Crippen LogP contribution < -0.4 is 16.1 Å². The molecule has 3 N–H and O–H groups in total. The van der Waals surface area contributed by atoms with E-state index in [-0.39, 0.29) is 17.6 Å². The summed E-state index contributed by atoms with van der Waals surface area (Å²) in [6.45, 7) is 0. The van der Waals surface area contributed by atoms with E-state index >= 15 is 0 Å². The quantitative estimate of drug-likeness (QED) is 0.387. The number of amides is 3. The minimum Gasteiger partial charge on any atom is -0.349 e. The molecule has 1 aliphatic carbocycles. The van der Waals surface area contributed by atoms with Crippen LogP contribution in [0.3, 0.4) is 0 Å². The number of carbonyl (C=O) groups excluding carboxylic acids is 3. The molecule has 30 heavy (non-hydrogen) atoms. The lowest BCUT2D eigenvalue weighted by Gasteiger charge is -2.23. The lowest BCUT2D eigenvalue weighted by molar-refractivity contribution is -0.136. The van der Waals surface area contributed by atoms with Crippen molar-refractivity contribution in [2.75, 3.05) is 5.32 Å². The molecular weight excluding hydrogens is 404 g/mol. The number of hydrogen-bond acceptors (Lipinski definition) is 4. The standard InChI is InChI=1S/C22H23ClN4O3/c23-16-12-10-15(11-13-16)14-24-27-22(30)21(29)26-19-9-5-4-8-18(19)20(28)25-17-6-2-1-3-7-17/h4-5,8-14,17H,1-3,6-7H2,(H,25,28)(H,26,29)(H,27,30). The van der Waals surface area contributed by atoms with E-state index in [0.29, 0.717) is 16.1 Å². The van der Waals surface area contributed by atoms with Crippen LogP contribution in [0.4, 0.5) is 5.69 Å². The van der Waals surface area contributed by atoms with Crippen LogP contribution in [-0.2, 0) is 9.59 Å². The molecule has 7 nitrogen and oxygen atoms in total. The highest BCUT2D eigenvalue weighted by molar-refractivity contribution is 6.40. The number of carbonyl (C=O) groups is 3. The van der Waals surface area contributed by atoms with Crippen molar-refractivity contribution in [3.8, 4) is 0 Å². The van der Waals surface area contributed by atoms with Gasteiger partial charge >= 0.3 is 11.8 Å². The summed E-state index contributed by atoms with van der Waals surface area (Å²) in [6, 6.07) is 13.5. The first-order valence-corrected chi connectivity index (χ1v) is 10.2. The molecule has 0 unspecified atom stereocenters. The average Bonchev–Trinajstić information content (AvgIpc) is 2.76. The molecule has 0 atom stereocenters. The molecule has 3 amide bonds. The predicted molar refractivity (Wildman–Crippen MR) is 117 cm³/mol. The van der Waals surface area contributed by atoms with Gasteiger partial charge in [-0.3, -0.25) is 14.4 Å². The van der Waals surface area contributed by atoms with Gasteiger partial charge in [-0.2, -0.15) is 5.10 Å². The highest BCUT2D eigenvalue weighted by atomic mass is 35.5. The van der Waals surface area contributed by atoms with Crippen LogP contribution in [-0.4, -0.2) is 30.0 Å². The summed E-state index contributed by atoms with van der Waals surface area (Å²) in [6.07, 6.45) is 6.68. The van der Waals surface area contributed by atoms with Crippen molar-refractivity contribution >= 4 is 41.2 Å². The van der Waals surface area contributed by atoms with Gasteiger partial charge in [-0.05, 0) is 42.7 Å². The van der Waals surface area contributed by atoms with E-state index in [1.165, 1.54) is 12.6 Å². The van der Waals surface area contributed by atoms with Crippen molar-refractivity contribution in [3.05, 3.63) is 64.7 Å². The van der Waals surface area contributed by atoms with Crippen molar-refractivity contribution in [1.82, 2.24) is 10.7 Å². The zero-order valence-corrected chi connectivity index (χ0v) is 17.1. The van der Waals surface area contributed by atoms with Crippen molar-refractivity contribution < 1.29 is 14.4 Å². The summed E-state index contributed by atoms with van der Waals surface area (Å²) < 4.78 is 0.